The SMILES string of the molecule is Cc1ccc(COc2cccc(C=NNc3ccccc3C(=O)O)c2)cc1. The topological polar surface area (TPSA) is 70.9 Å². The van der Waals surface area contributed by atoms with E-state index in [1.165, 1.54) is 11.6 Å². The molecule has 0 unspecified atom stereocenters. The maximum atomic E-state index is 11.2. The summed E-state index contributed by atoms with van der Waals surface area (Å²) in [6, 6.07) is 22.4. The molecule has 0 spiro atoms. The van der Waals surface area contributed by atoms with Crippen LogP contribution in [0.5, 0.6) is 5.75 Å². The third-order valence-corrected chi connectivity index (χ3v) is 3.94. The third-order valence-electron chi connectivity index (χ3n) is 3.94. The van der Waals surface area contributed by atoms with Gasteiger partial charge in [-0.25, -0.2) is 4.79 Å². The number of nitrogens with zero attached hydrogens (tertiary/aromatic N) is 1. The summed E-state index contributed by atoms with van der Waals surface area (Å²) in [6.07, 6.45) is 1.62. The summed E-state index contributed by atoms with van der Waals surface area (Å²) in [6.45, 7) is 2.54. The highest BCUT2D eigenvalue weighted by Crippen LogP contribution is 2.16. The number of hydrazone groups is 1. The lowest BCUT2D eigenvalue weighted by Gasteiger charge is -2.07. The number of hydrogen-bond donors (Lipinski definition) is 2. The summed E-state index contributed by atoms with van der Waals surface area (Å²) in [4.78, 5) is 11.2. The molecular weight excluding hydrogens is 340 g/mol. The van der Waals surface area contributed by atoms with Gasteiger partial charge in [0.25, 0.3) is 0 Å². The van der Waals surface area contributed by atoms with E-state index in [0.29, 0.717) is 12.3 Å². The molecule has 0 aliphatic carbocycles. The molecule has 0 aliphatic heterocycles. The smallest absolute Gasteiger partial charge is 0.337 e. The zero-order valence-electron chi connectivity index (χ0n) is 14.9. The number of hydrogen-bond acceptors (Lipinski definition) is 4. The van der Waals surface area contributed by atoms with Gasteiger partial charge in [0, 0.05) is 0 Å². The molecule has 0 amide bonds. The number of ether oxygens (including phenoxy) is 1. The van der Waals surface area contributed by atoms with Crippen molar-refractivity contribution >= 4 is 17.9 Å². The average molecular weight is 360 g/mol. The molecule has 0 atom stereocenters. The van der Waals surface area contributed by atoms with Crippen molar-refractivity contribution in [1.29, 1.82) is 0 Å². The van der Waals surface area contributed by atoms with Gasteiger partial charge in [-0.05, 0) is 42.3 Å². The molecule has 136 valence electrons. The molecular formula is C22H20N2O3. The third kappa shape index (κ3) is 5.19. The number of carbonyl (C=O) groups is 1. The first kappa shape index (κ1) is 18.2. The van der Waals surface area contributed by atoms with Gasteiger partial charge in [0.1, 0.15) is 12.4 Å². The van der Waals surface area contributed by atoms with Crippen LogP contribution in [0.2, 0.25) is 0 Å². The van der Waals surface area contributed by atoms with Crippen molar-refractivity contribution in [1.82, 2.24) is 0 Å². The number of carboxylic acid groups (broad SMARTS) is 1. The van der Waals surface area contributed by atoms with Crippen molar-refractivity contribution in [2.75, 3.05) is 5.43 Å². The molecule has 27 heavy (non-hydrogen) atoms. The number of benzene rings is 3. The first-order valence-corrected chi connectivity index (χ1v) is 8.51. The molecule has 0 aliphatic rings. The van der Waals surface area contributed by atoms with Gasteiger partial charge >= 0.3 is 5.97 Å². The van der Waals surface area contributed by atoms with Gasteiger partial charge in [-0.3, -0.25) is 5.43 Å². The Balaban J connectivity index is 1.63. The molecule has 3 aromatic carbocycles. The van der Waals surface area contributed by atoms with E-state index >= 15 is 0 Å². The largest absolute Gasteiger partial charge is 0.489 e. The van der Waals surface area contributed by atoms with Crippen molar-refractivity contribution in [3.05, 3.63) is 95.1 Å². The van der Waals surface area contributed by atoms with E-state index in [-0.39, 0.29) is 5.56 Å². The lowest BCUT2D eigenvalue weighted by molar-refractivity contribution is 0.0698. The van der Waals surface area contributed by atoms with Crippen molar-refractivity contribution < 1.29 is 14.6 Å². The van der Waals surface area contributed by atoms with E-state index in [2.05, 4.69) is 29.6 Å². The van der Waals surface area contributed by atoms with Crippen LogP contribution >= 0.6 is 0 Å². The summed E-state index contributed by atoms with van der Waals surface area (Å²) in [5.41, 5.74) is 6.55. The molecule has 5 heteroatoms. The van der Waals surface area contributed by atoms with Crippen LogP contribution in [-0.2, 0) is 6.61 Å². The highest BCUT2D eigenvalue weighted by Gasteiger charge is 2.07. The Bertz CT molecular complexity index is 950. The van der Waals surface area contributed by atoms with Crippen LogP contribution in [0.3, 0.4) is 0 Å². The minimum atomic E-state index is -1.00. The number of rotatable bonds is 7. The molecule has 0 aromatic heterocycles. The maximum absolute atomic E-state index is 11.2. The van der Waals surface area contributed by atoms with Crippen LogP contribution in [0, 0.1) is 6.92 Å². The number of aryl methyl sites for hydroxylation is 1. The molecule has 5 nitrogen and oxygen atoms in total. The molecule has 3 aromatic rings. The van der Waals surface area contributed by atoms with Crippen molar-refractivity contribution in [3.63, 3.8) is 0 Å². The number of anilines is 1. The number of aromatic carboxylic acids is 1. The molecule has 0 saturated carbocycles. The second kappa shape index (κ2) is 8.67. The lowest BCUT2D eigenvalue weighted by atomic mass is 10.2. The minimum Gasteiger partial charge on any atom is -0.489 e. The molecule has 0 fully saturated rings. The Labute approximate surface area is 157 Å². The van der Waals surface area contributed by atoms with Gasteiger partial charge < -0.3 is 9.84 Å². The highest BCUT2D eigenvalue weighted by atomic mass is 16.5. The fourth-order valence-electron chi connectivity index (χ4n) is 2.48. The Kier molecular flexibility index (Phi) is 5.84. The van der Waals surface area contributed by atoms with Gasteiger partial charge in [-0.15, -0.1) is 0 Å². The Morgan fingerprint density at radius 3 is 2.63 bits per heavy atom. The number of para-hydroxylation sites is 1. The quantitative estimate of drug-likeness (QED) is 0.472. The normalized spacial score (nSPS) is 10.7. The van der Waals surface area contributed by atoms with E-state index < -0.39 is 5.97 Å². The average Bonchev–Trinajstić information content (AvgIpc) is 2.68. The van der Waals surface area contributed by atoms with E-state index in [4.69, 9.17) is 4.74 Å². The summed E-state index contributed by atoms with van der Waals surface area (Å²) < 4.78 is 5.83. The summed E-state index contributed by atoms with van der Waals surface area (Å²) in [5, 5.41) is 13.3. The van der Waals surface area contributed by atoms with Crippen molar-refractivity contribution in [2.24, 2.45) is 5.10 Å². The van der Waals surface area contributed by atoms with Crippen LogP contribution in [-0.4, -0.2) is 17.3 Å². The molecule has 0 radical (unpaired) electrons. The molecule has 2 N–H and O–H groups in total. The molecule has 3 rings (SSSR count). The highest BCUT2D eigenvalue weighted by molar-refractivity contribution is 5.94. The maximum Gasteiger partial charge on any atom is 0.337 e. The molecule has 0 bridgehead atoms. The Hall–Kier alpha value is -3.60. The van der Waals surface area contributed by atoms with Gasteiger partial charge in [0.05, 0.1) is 17.5 Å². The van der Waals surface area contributed by atoms with Crippen LogP contribution < -0.4 is 10.2 Å². The van der Waals surface area contributed by atoms with E-state index in [1.807, 2.05) is 36.4 Å². The second-order valence-corrected chi connectivity index (χ2v) is 6.07. The molecule has 0 heterocycles. The van der Waals surface area contributed by atoms with Gasteiger partial charge in [0.15, 0.2) is 0 Å². The number of nitrogens with one attached hydrogen (secondary N) is 1. The van der Waals surface area contributed by atoms with Crippen molar-refractivity contribution in [3.8, 4) is 5.75 Å². The van der Waals surface area contributed by atoms with E-state index in [9.17, 15) is 9.90 Å². The lowest BCUT2D eigenvalue weighted by Crippen LogP contribution is -2.02. The first-order chi connectivity index (χ1) is 13.1. The van der Waals surface area contributed by atoms with Crippen LogP contribution in [0.1, 0.15) is 27.0 Å². The zero-order chi connectivity index (χ0) is 19.1. The van der Waals surface area contributed by atoms with Gasteiger partial charge in [0.2, 0.25) is 0 Å². The predicted molar refractivity (Wildman–Crippen MR) is 107 cm³/mol. The monoisotopic (exact) mass is 360 g/mol. The molecule has 0 saturated heterocycles. The minimum absolute atomic E-state index is 0.171. The standard InChI is InChI=1S/C22H20N2O3/c1-16-9-11-17(12-10-16)15-27-19-6-4-5-18(13-19)14-23-24-21-8-3-2-7-20(21)22(25)26/h2-14,24H,15H2,1H3,(H,25,26). The summed E-state index contributed by atoms with van der Waals surface area (Å²) in [7, 11) is 0. The van der Waals surface area contributed by atoms with Crippen LogP contribution in [0.4, 0.5) is 5.69 Å². The van der Waals surface area contributed by atoms with E-state index in [0.717, 1.165) is 16.9 Å². The van der Waals surface area contributed by atoms with E-state index in [1.54, 1.807) is 24.4 Å². The number of carboxylic acids is 1. The predicted octanol–water partition coefficient (Wildman–Crippen LogP) is 4.72. The van der Waals surface area contributed by atoms with Gasteiger partial charge in [-0.1, -0.05) is 54.1 Å². The Morgan fingerprint density at radius 1 is 1.07 bits per heavy atom. The van der Waals surface area contributed by atoms with Gasteiger partial charge in [-0.2, -0.15) is 5.10 Å². The van der Waals surface area contributed by atoms with Crippen LogP contribution in [0.15, 0.2) is 77.9 Å². The second-order valence-electron chi connectivity index (χ2n) is 6.07. The fraction of sp³-hybridized carbons (Fsp3) is 0.0909. The fourth-order valence-corrected chi connectivity index (χ4v) is 2.48. The van der Waals surface area contributed by atoms with Crippen LogP contribution in [0.25, 0.3) is 0 Å². The summed E-state index contributed by atoms with van der Waals surface area (Å²) in [5.74, 6) is -0.259. The summed E-state index contributed by atoms with van der Waals surface area (Å²) >= 11 is 0. The first-order valence-electron chi connectivity index (χ1n) is 8.51. The zero-order valence-corrected chi connectivity index (χ0v) is 14.9. The Morgan fingerprint density at radius 2 is 1.85 bits per heavy atom. The van der Waals surface area contributed by atoms with Crippen molar-refractivity contribution in [2.45, 2.75) is 13.5 Å².